The van der Waals surface area contributed by atoms with Crippen molar-refractivity contribution in [2.24, 2.45) is 0 Å². The first-order valence-corrected chi connectivity index (χ1v) is 11.4. The van der Waals surface area contributed by atoms with Crippen molar-refractivity contribution in [3.63, 3.8) is 0 Å². The van der Waals surface area contributed by atoms with Gasteiger partial charge >= 0.3 is 11.9 Å². The Labute approximate surface area is 194 Å². The Morgan fingerprint density at radius 3 is 2.19 bits per heavy atom. The Morgan fingerprint density at radius 1 is 0.969 bits per heavy atom. The molecule has 1 heterocycles. The van der Waals surface area contributed by atoms with E-state index in [4.69, 9.17) is 23.7 Å². The number of hydrogen-bond acceptors (Lipinski definition) is 8. The highest BCUT2D eigenvalue weighted by Crippen LogP contribution is 2.36. The van der Waals surface area contributed by atoms with E-state index in [1.807, 2.05) is 30.3 Å². The van der Waals surface area contributed by atoms with Crippen LogP contribution in [0.3, 0.4) is 0 Å². The van der Waals surface area contributed by atoms with Gasteiger partial charge < -0.3 is 23.7 Å². The van der Waals surface area contributed by atoms with Crippen molar-refractivity contribution in [3.8, 4) is 0 Å². The van der Waals surface area contributed by atoms with E-state index in [2.05, 4.69) is 13.2 Å². The molecular weight excluding hydrogens is 432 g/mol. The molecule has 0 N–H and O–H groups in total. The molecule has 0 aromatic heterocycles. The SMILES string of the molecule is C=CCCC(=O)OC[C@H]1O[C@@H](Sc2ccccc2)[C@H](OC)[C@@H](OC)[C@@H]1OC(=O)CCC=C. The van der Waals surface area contributed by atoms with E-state index in [9.17, 15) is 9.59 Å². The Kier molecular flexibility index (Phi) is 11.5. The summed E-state index contributed by atoms with van der Waals surface area (Å²) >= 11 is 1.47. The first-order valence-electron chi connectivity index (χ1n) is 10.5. The van der Waals surface area contributed by atoms with Crippen LogP contribution in [0.15, 0.2) is 60.5 Å². The van der Waals surface area contributed by atoms with E-state index in [-0.39, 0.29) is 25.4 Å². The summed E-state index contributed by atoms with van der Waals surface area (Å²) < 4.78 is 28.8. The zero-order valence-electron chi connectivity index (χ0n) is 18.6. The van der Waals surface area contributed by atoms with Gasteiger partial charge in [-0.15, -0.1) is 13.2 Å². The standard InChI is InChI=1S/C24H32O7S/c1-5-7-14-19(25)29-16-18-21(31-20(26)15-8-6-2)22(27-3)23(28-4)24(30-18)32-17-12-10-9-11-13-17/h5-6,9-13,18,21-24H,1-2,7-8,14-16H2,3-4H3/t18-,21-,22+,23-,24+/m1/s1. The first-order chi connectivity index (χ1) is 15.5. The van der Waals surface area contributed by atoms with Crippen LogP contribution in [-0.4, -0.2) is 62.6 Å². The fourth-order valence-electron chi connectivity index (χ4n) is 3.30. The average molecular weight is 465 g/mol. The van der Waals surface area contributed by atoms with Gasteiger partial charge in [-0.25, -0.2) is 0 Å². The summed E-state index contributed by atoms with van der Waals surface area (Å²) in [5.74, 6) is -0.784. The topological polar surface area (TPSA) is 80.3 Å². The molecule has 0 spiro atoms. The minimum atomic E-state index is -0.804. The predicted octanol–water partition coefficient (Wildman–Crippen LogP) is 3.92. The van der Waals surface area contributed by atoms with Gasteiger partial charge in [0.2, 0.25) is 0 Å². The number of benzene rings is 1. The van der Waals surface area contributed by atoms with E-state index < -0.39 is 35.8 Å². The largest absolute Gasteiger partial charge is 0.463 e. The molecular formula is C24H32O7S. The lowest BCUT2D eigenvalue weighted by molar-refractivity contribution is -0.234. The van der Waals surface area contributed by atoms with E-state index in [1.54, 1.807) is 19.3 Å². The van der Waals surface area contributed by atoms with Crippen LogP contribution in [0.25, 0.3) is 0 Å². The summed E-state index contributed by atoms with van der Waals surface area (Å²) in [7, 11) is 3.09. The molecule has 1 aromatic carbocycles. The predicted molar refractivity (Wildman–Crippen MR) is 122 cm³/mol. The summed E-state index contributed by atoms with van der Waals surface area (Å²) in [5.41, 5.74) is -0.465. The maximum Gasteiger partial charge on any atom is 0.306 e. The highest BCUT2D eigenvalue weighted by molar-refractivity contribution is 7.99. The minimum absolute atomic E-state index is 0.0719. The molecule has 1 aliphatic heterocycles. The number of ether oxygens (including phenoxy) is 5. The minimum Gasteiger partial charge on any atom is -0.463 e. The van der Waals surface area contributed by atoms with Crippen LogP contribution in [0, 0.1) is 0 Å². The maximum atomic E-state index is 12.4. The highest BCUT2D eigenvalue weighted by Gasteiger charge is 2.49. The quantitative estimate of drug-likeness (QED) is 0.321. The number of carbonyl (C=O) groups is 2. The Balaban J connectivity index is 2.22. The van der Waals surface area contributed by atoms with E-state index in [0.717, 1.165) is 4.90 Å². The lowest BCUT2D eigenvalue weighted by Gasteiger charge is -2.44. The molecule has 1 aliphatic rings. The third kappa shape index (κ3) is 7.78. The van der Waals surface area contributed by atoms with Crippen molar-refractivity contribution in [2.75, 3.05) is 20.8 Å². The molecule has 7 nitrogen and oxygen atoms in total. The fraction of sp³-hybridized carbons (Fsp3) is 0.500. The third-order valence-corrected chi connectivity index (χ3v) is 6.07. The Bertz CT molecular complexity index is 739. The molecule has 176 valence electrons. The van der Waals surface area contributed by atoms with Crippen LogP contribution >= 0.6 is 11.8 Å². The van der Waals surface area contributed by atoms with Gasteiger partial charge in [0.15, 0.2) is 6.10 Å². The molecule has 2 rings (SSSR count). The zero-order chi connectivity index (χ0) is 23.3. The van der Waals surface area contributed by atoms with Gasteiger partial charge in [0, 0.05) is 32.0 Å². The molecule has 8 heteroatoms. The van der Waals surface area contributed by atoms with Crippen LogP contribution < -0.4 is 0 Å². The van der Waals surface area contributed by atoms with E-state index in [1.165, 1.54) is 18.9 Å². The second kappa shape index (κ2) is 14.1. The van der Waals surface area contributed by atoms with Gasteiger partial charge in [0.25, 0.3) is 0 Å². The lowest BCUT2D eigenvalue weighted by Crippen LogP contribution is -2.60. The van der Waals surface area contributed by atoms with Crippen molar-refractivity contribution in [2.45, 2.75) is 60.4 Å². The molecule has 1 aromatic rings. The Hall–Kier alpha value is -2.13. The summed E-state index contributed by atoms with van der Waals surface area (Å²) in [4.78, 5) is 25.4. The number of rotatable bonds is 13. The number of methoxy groups -OCH3 is 2. The van der Waals surface area contributed by atoms with Crippen LogP contribution in [0.4, 0.5) is 0 Å². The number of thioether (sulfide) groups is 1. The fourth-order valence-corrected chi connectivity index (χ4v) is 4.48. The zero-order valence-corrected chi connectivity index (χ0v) is 19.5. The van der Waals surface area contributed by atoms with E-state index >= 15 is 0 Å². The molecule has 1 fully saturated rings. The average Bonchev–Trinajstić information content (AvgIpc) is 2.81. The van der Waals surface area contributed by atoms with Gasteiger partial charge in [-0.05, 0) is 25.0 Å². The van der Waals surface area contributed by atoms with Crippen LogP contribution in [0.1, 0.15) is 25.7 Å². The smallest absolute Gasteiger partial charge is 0.306 e. The summed E-state index contributed by atoms with van der Waals surface area (Å²) in [6.07, 6.45) is 2.06. The van der Waals surface area contributed by atoms with Gasteiger partial charge in [-0.1, -0.05) is 42.1 Å². The second-order valence-electron chi connectivity index (χ2n) is 7.17. The maximum absolute atomic E-state index is 12.4. The van der Waals surface area contributed by atoms with Gasteiger partial charge in [-0.3, -0.25) is 9.59 Å². The van der Waals surface area contributed by atoms with Crippen molar-refractivity contribution < 1.29 is 33.3 Å². The molecule has 0 saturated carbocycles. The Morgan fingerprint density at radius 2 is 1.59 bits per heavy atom. The molecule has 1 saturated heterocycles. The molecule has 0 unspecified atom stereocenters. The summed E-state index contributed by atoms with van der Waals surface area (Å²) in [6, 6.07) is 9.73. The summed E-state index contributed by atoms with van der Waals surface area (Å²) in [6.45, 7) is 7.17. The van der Waals surface area contributed by atoms with Crippen LogP contribution in [-0.2, 0) is 33.3 Å². The molecule has 0 amide bonds. The molecule has 5 atom stereocenters. The second-order valence-corrected chi connectivity index (χ2v) is 8.34. The number of carbonyl (C=O) groups excluding carboxylic acids is 2. The number of hydrogen-bond donors (Lipinski definition) is 0. The molecule has 0 radical (unpaired) electrons. The normalized spacial score (nSPS) is 25.0. The molecule has 32 heavy (non-hydrogen) atoms. The number of allylic oxidation sites excluding steroid dienone is 2. The van der Waals surface area contributed by atoms with Crippen molar-refractivity contribution in [3.05, 3.63) is 55.6 Å². The molecule has 0 aliphatic carbocycles. The molecule has 0 bridgehead atoms. The lowest BCUT2D eigenvalue weighted by atomic mass is 9.99. The van der Waals surface area contributed by atoms with Gasteiger partial charge in [0.1, 0.15) is 30.4 Å². The van der Waals surface area contributed by atoms with Crippen molar-refractivity contribution in [1.29, 1.82) is 0 Å². The van der Waals surface area contributed by atoms with Gasteiger partial charge in [0.05, 0.1) is 0 Å². The highest BCUT2D eigenvalue weighted by atomic mass is 32.2. The van der Waals surface area contributed by atoms with Crippen LogP contribution in [0.5, 0.6) is 0 Å². The third-order valence-electron chi connectivity index (χ3n) is 4.91. The van der Waals surface area contributed by atoms with E-state index in [0.29, 0.717) is 12.8 Å². The van der Waals surface area contributed by atoms with Crippen molar-refractivity contribution in [1.82, 2.24) is 0 Å². The monoisotopic (exact) mass is 464 g/mol. The first kappa shape index (κ1) is 26.1. The van der Waals surface area contributed by atoms with Crippen molar-refractivity contribution >= 4 is 23.7 Å². The summed E-state index contributed by atoms with van der Waals surface area (Å²) in [5, 5.41) is 0. The number of esters is 2. The van der Waals surface area contributed by atoms with Gasteiger partial charge in [-0.2, -0.15) is 0 Å². The van der Waals surface area contributed by atoms with Crippen LogP contribution in [0.2, 0.25) is 0 Å².